The van der Waals surface area contributed by atoms with E-state index in [1.807, 2.05) is 24.3 Å². The Kier molecular flexibility index (Phi) is 5.47. The Labute approximate surface area is 135 Å². The smallest absolute Gasteiger partial charge is 0.222 e. The van der Waals surface area contributed by atoms with Crippen LogP contribution < -0.4 is 0 Å². The second kappa shape index (κ2) is 6.98. The maximum absolute atomic E-state index is 12.1. The van der Waals surface area contributed by atoms with Gasteiger partial charge in [0.25, 0.3) is 0 Å². The second-order valence-electron chi connectivity index (χ2n) is 5.70. The molecule has 1 aromatic rings. The van der Waals surface area contributed by atoms with Crippen LogP contribution in [-0.4, -0.2) is 55.0 Å². The molecule has 1 fully saturated rings. The molecule has 0 spiro atoms. The van der Waals surface area contributed by atoms with E-state index in [4.69, 9.17) is 11.6 Å². The molecule has 0 aliphatic carbocycles. The van der Waals surface area contributed by atoms with Gasteiger partial charge in [0.05, 0.1) is 23.7 Å². The van der Waals surface area contributed by atoms with Gasteiger partial charge in [-0.25, -0.2) is 8.42 Å². The van der Waals surface area contributed by atoms with E-state index in [-0.39, 0.29) is 17.4 Å². The van der Waals surface area contributed by atoms with Crippen LogP contribution in [-0.2, 0) is 21.1 Å². The van der Waals surface area contributed by atoms with E-state index >= 15 is 0 Å². The largest absolute Gasteiger partial charge is 0.390 e. The normalized spacial score (nSPS) is 23.4. The maximum atomic E-state index is 12.1. The first-order valence-corrected chi connectivity index (χ1v) is 9.37. The van der Waals surface area contributed by atoms with Gasteiger partial charge in [-0.3, -0.25) is 4.79 Å². The lowest BCUT2D eigenvalue weighted by Gasteiger charge is -2.26. The first-order chi connectivity index (χ1) is 10.3. The van der Waals surface area contributed by atoms with Crippen molar-refractivity contribution in [3.8, 4) is 0 Å². The quantitative estimate of drug-likeness (QED) is 0.872. The van der Waals surface area contributed by atoms with Gasteiger partial charge in [-0.1, -0.05) is 23.7 Å². The predicted octanol–water partition coefficient (Wildman–Crippen LogP) is 1.28. The van der Waals surface area contributed by atoms with E-state index < -0.39 is 22.0 Å². The number of carbonyl (C=O) groups is 1. The fourth-order valence-corrected chi connectivity index (χ4v) is 4.61. The first-order valence-electron chi connectivity index (χ1n) is 7.17. The highest BCUT2D eigenvalue weighted by Gasteiger charge is 2.40. The molecule has 1 aliphatic heterocycles. The summed E-state index contributed by atoms with van der Waals surface area (Å²) in [6.07, 6.45) is 0.751. The van der Waals surface area contributed by atoms with E-state index in [0.717, 1.165) is 12.0 Å². The fraction of sp³-hybridized carbons (Fsp3) is 0.533. The van der Waals surface area contributed by atoms with Crippen LogP contribution in [0.1, 0.15) is 18.4 Å². The van der Waals surface area contributed by atoms with Crippen molar-refractivity contribution in [2.75, 3.05) is 18.6 Å². The predicted molar refractivity (Wildman–Crippen MR) is 85.6 cm³/mol. The molecule has 0 aromatic heterocycles. The van der Waals surface area contributed by atoms with Crippen LogP contribution >= 0.6 is 11.6 Å². The number of nitrogens with zero attached hydrogens (tertiary/aromatic N) is 1. The fourth-order valence-electron chi connectivity index (χ4n) is 2.64. The number of rotatable bonds is 5. The highest BCUT2D eigenvalue weighted by atomic mass is 35.5. The average Bonchev–Trinajstić information content (AvgIpc) is 2.73. The maximum Gasteiger partial charge on any atom is 0.222 e. The van der Waals surface area contributed by atoms with Gasteiger partial charge in [0.2, 0.25) is 5.91 Å². The topological polar surface area (TPSA) is 74.7 Å². The summed E-state index contributed by atoms with van der Waals surface area (Å²) in [5.41, 5.74) is 1.10. The minimum absolute atomic E-state index is 0.143. The SMILES string of the molecule is CN(C(=O)CCCc1ccc(Cl)cc1)[C@@H]1CS(=O)(=O)C[C@H]1O. The average molecular weight is 346 g/mol. The summed E-state index contributed by atoms with van der Waals surface area (Å²) in [4.78, 5) is 13.5. The molecule has 1 aliphatic rings. The molecule has 1 N–H and O–H groups in total. The van der Waals surface area contributed by atoms with Crippen LogP contribution in [0.3, 0.4) is 0 Å². The molecule has 122 valence electrons. The third-order valence-electron chi connectivity index (χ3n) is 3.95. The van der Waals surface area contributed by atoms with Crippen LogP contribution in [0.5, 0.6) is 0 Å². The number of aryl methyl sites for hydroxylation is 1. The number of sulfone groups is 1. The molecule has 5 nitrogen and oxygen atoms in total. The van der Waals surface area contributed by atoms with Crippen molar-refractivity contribution in [3.05, 3.63) is 34.9 Å². The molecule has 22 heavy (non-hydrogen) atoms. The van der Waals surface area contributed by atoms with Crippen LogP contribution in [0.4, 0.5) is 0 Å². The van der Waals surface area contributed by atoms with E-state index in [0.29, 0.717) is 17.9 Å². The summed E-state index contributed by atoms with van der Waals surface area (Å²) >= 11 is 5.81. The Morgan fingerprint density at radius 3 is 2.50 bits per heavy atom. The van der Waals surface area contributed by atoms with Crippen LogP contribution in [0.2, 0.25) is 5.02 Å². The number of aliphatic hydroxyl groups is 1. The lowest BCUT2D eigenvalue weighted by molar-refractivity contribution is -0.133. The Morgan fingerprint density at radius 1 is 1.32 bits per heavy atom. The van der Waals surface area contributed by atoms with Crippen molar-refractivity contribution in [3.63, 3.8) is 0 Å². The molecular weight excluding hydrogens is 326 g/mol. The zero-order valence-electron chi connectivity index (χ0n) is 12.4. The third-order valence-corrected chi connectivity index (χ3v) is 5.90. The van der Waals surface area contributed by atoms with E-state index in [9.17, 15) is 18.3 Å². The molecule has 2 rings (SSSR count). The summed E-state index contributed by atoms with van der Waals surface area (Å²) in [5, 5.41) is 10.5. The van der Waals surface area contributed by atoms with E-state index in [2.05, 4.69) is 0 Å². The number of aliphatic hydroxyl groups excluding tert-OH is 1. The van der Waals surface area contributed by atoms with Crippen molar-refractivity contribution in [1.29, 1.82) is 0 Å². The number of hydrogen-bond donors (Lipinski definition) is 1. The van der Waals surface area contributed by atoms with Crippen molar-refractivity contribution >= 4 is 27.3 Å². The second-order valence-corrected chi connectivity index (χ2v) is 8.29. The summed E-state index contributed by atoms with van der Waals surface area (Å²) in [6, 6.07) is 6.83. The number of amides is 1. The molecule has 1 amide bonds. The summed E-state index contributed by atoms with van der Waals surface area (Å²) in [5.74, 6) is -0.566. The molecule has 7 heteroatoms. The minimum Gasteiger partial charge on any atom is -0.390 e. The van der Waals surface area contributed by atoms with Crippen molar-refractivity contribution in [1.82, 2.24) is 4.90 Å². The Bertz CT molecular complexity index is 629. The summed E-state index contributed by atoms with van der Waals surface area (Å²) in [6.45, 7) is 0. The van der Waals surface area contributed by atoms with Gasteiger partial charge in [0.1, 0.15) is 0 Å². The third kappa shape index (κ3) is 4.44. The zero-order chi connectivity index (χ0) is 16.3. The standard InChI is InChI=1S/C15H20ClNO4S/c1-17(13-9-22(20,21)10-14(13)18)15(19)4-2-3-11-5-7-12(16)8-6-11/h5-8,13-14,18H,2-4,9-10H2,1H3/t13-,14-/m1/s1. The van der Waals surface area contributed by atoms with Gasteiger partial charge < -0.3 is 10.0 Å². The van der Waals surface area contributed by atoms with Crippen molar-refractivity contribution < 1.29 is 18.3 Å². The van der Waals surface area contributed by atoms with E-state index in [1.165, 1.54) is 4.90 Å². The first kappa shape index (κ1) is 17.2. The van der Waals surface area contributed by atoms with Gasteiger partial charge in [-0.15, -0.1) is 0 Å². The molecule has 0 bridgehead atoms. The van der Waals surface area contributed by atoms with Gasteiger partial charge >= 0.3 is 0 Å². The molecule has 0 radical (unpaired) electrons. The lowest BCUT2D eigenvalue weighted by atomic mass is 10.1. The van der Waals surface area contributed by atoms with Crippen LogP contribution in [0.15, 0.2) is 24.3 Å². The Hall–Kier alpha value is -1.11. The van der Waals surface area contributed by atoms with Crippen molar-refractivity contribution in [2.24, 2.45) is 0 Å². The molecule has 0 saturated carbocycles. The van der Waals surface area contributed by atoms with Crippen LogP contribution in [0, 0.1) is 0 Å². The lowest BCUT2D eigenvalue weighted by Crippen LogP contribution is -2.44. The molecule has 0 unspecified atom stereocenters. The van der Waals surface area contributed by atoms with Gasteiger partial charge in [-0.05, 0) is 30.5 Å². The van der Waals surface area contributed by atoms with Gasteiger partial charge in [-0.2, -0.15) is 0 Å². The molecule has 1 saturated heterocycles. The number of benzene rings is 1. The van der Waals surface area contributed by atoms with Gasteiger partial charge in [0.15, 0.2) is 9.84 Å². The monoisotopic (exact) mass is 345 g/mol. The highest BCUT2D eigenvalue weighted by Crippen LogP contribution is 2.19. The Balaban J connectivity index is 1.83. The minimum atomic E-state index is -3.25. The summed E-state index contributed by atoms with van der Waals surface area (Å²) < 4.78 is 23.0. The number of hydrogen-bond acceptors (Lipinski definition) is 4. The number of likely N-dealkylation sites (N-methyl/N-ethyl adjacent to an activating group) is 1. The molecule has 2 atom stereocenters. The highest BCUT2D eigenvalue weighted by molar-refractivity contribution is 7.91. The van der Waals surface area contributed by atoms with Crippen molar-refractivity contribution in [2.45, 2.75) is 31.4 Å². The molecule has 1 aromatic carbocycles. The molecular formula is C15H20ClNO4S. The summed E-state index contributed by atoms with van der Waals surface area (Å²) in [7, 11) is -1.69. The van der Waals surface area contributed by atoms with Crippen LogP contribution in [0.25, 0.3) is 0 Å². The zero-order valence-corrected chi connectivity index (χ0v) is 14.0. The Morgan fingerprint density at radius 2 is 1.95 bits per heavy atom. The molecule has 1 heterocycles. The van der Waals surface area contributed by atoms with Gasteiger partial charge in [0, 0.05) is 18.5 Å². The number of carbonyl (C=O) groups excluding carboxylic acids is 1. The van der Waals surface area contributed by atoms with E-state index in [1.54, 1.807) is 7.05 Å². The number of halogens is 1.